The molecule has 0 aromatic heterocycles. The van der Waals surface area contributed by atoms with E-state index >= 15 is 0 Å². The average Bonchev–Trinajstić information content (AvgIpc) is 2.92. The first-order valence-corrected chi connectivity index (χ1v) is 6.43. The normalized spacial score (nSPS) is 15.5. The van der Waals surface area contributed by atoms with Gasteiger partial charge >= 0.3 is 0 Å². The lowest BCUT2D eigenvalue weighted by Gasteiger charge is -2.26. The molecule has 3 nitrogen and oxygen atoms in total. The van der Waals surface area contributed by atoms with E-state index in [4.69, 9.17) is 10.5 Å². The molecule has 0 bridgehead atoms. The maximum Gasteiger partial charge on any atom is 0.0991 e. The third-order valence-electron chi connectivity index (χ3n) is 3.56. The van der Waals surface area contributed by atoms with Crippen LogP contribution in [0.15, 0.2) is 24.3 Å². The van der Waals surface area contributed by atoms with Crippen molar-refractivity contribution in [2.75, 3.05) is 6.54 Å². The lowest BCUT2D eigenvalue weighted by atomic mass is 10.1. The molecule has 92 valence electrons. The summed E-state index contributed by atoms with van der Waals surface area (Å²) >= 11 is 0. The second-order valence-corrected chi connectivity index (χ2v) is 4.81. The molecule has 1 fully saturated rings. The fourth-order valence-corrected chi connectivity index (χ4v) is 2.65. The van der Waals surface area contributed by atoms with E-state index in [2.05, 4.69) is 17.0 Å². The molecule has 1 aromatic rings. The van der Waals surface area contributed by atoms with Crippen LogP contribution in [0.4, 0.5) is 0 Å². The van der Waals surface area contributed by atoms with E-state index in [0.717, 1.165) is 12.1 Å². The number of rotatable bonds is 4. The predicted octanol–water partition coefficient (Wildman–Crippen LogP) is 2.83. The topological polar surface area (TPSA) is 50.8 Å². The van der Waals surface area contributed by atoms with E-state index < -0.39 is 0 Å². The largest absolute Gasteiger partial charge is 0.283 e. The number of nitriles is 2. The fourth-order valence-electron chi connectivity index (χ4n) is 2.65. The van der Waals surface area contributed by atoms with Crippen LogP contribution >= 0.6 is 0 Å². The summed E-state index contributed by atoms with van der Waals surface area (Å²) in [5.41, 5.74) is 1.81. The molecular weight excluding hydrogens is 222 g/mol. The van der Waals surface area contributed by atoms with Crippen molar-refractivity contribution in [3.05, 3.63) is 35.4 Å². The van der Waals surface area contributed by atoms with E-state index in [9.17, 15) is 0 Å². The SMILES string of the molecule is N#CCN(Cc1cccc(C#N)c1)C1CCCC1. The molecule has 0 aliphatic heterocycles. The summed E-state index contributed by atoms with van der Waals surface area (Å²) in [5, 5.41) is 17.8. The minimum atomic E-state index is 0.474. The molecule has 0 saturated heterocycles. The molecule has 0 heterocycles. The summed E-state index contributed by atoms with van der Waals surface area (Å²) in [5.74, 6) is 0. The fraction of sp³-hybridized carbons (Fsp3) is 0.467. The Labute approximate surface area is 108 Å². The van der Waals surface area contributed by atoms with Crippen molar-refractivity contribution in [1.29, 1.82) is 10.5 Å². The molecule has 1 aliphatic carbocycles. The van der Waals surface area contributed by atoms with E-state index in [1.54, 1.807) is 0 Å². The van der Waals surface area contributed by atoms with Crippen LogP contribution in [0.2, 0.25) is 0 Å². The Morgan fingerprint density at radius 1 is 1.22 bits per heavy atom. The van der Waals surface area contributed by atoms with Gasteiger partial charge < -0.3 is 0 Å². The van der Waals surface area contributed by atoms with Gasteiger partial charge in [0.25, 0.3) is 0 Å². The Balaban J connectivity index is 2.08. The third-order valence-corrected chi connectivity index (χ3v) is 3.56. The van der Waals surface area contributed by atoms with Gasteiger partial charge in [0.05, 0.1) is 24.2 Å². The van der Waals surface area contributed by atoms with Gasteiger partial charge in [-0.05, 0) is 30.5 Å². The van der Waals surface area contributed by atoms with Gasteiger partial charge in [0.2, 0.25) is 0 Å². The van der Waals surface area contributed by atoms with Gasteiger partial charge in [-0.25, -0.2) is 0 Å². The van der Waals surface area contributed by atoms with Crippen molar-refractivity contribution < 1.29 is 0 Å². The van der Waals surface area contributed by atoms with Crippen molar-refractivity contribution in [2.45, 2.75) is 38.3 Å². The molecule has 2 rings (SSSR count). The summed E-state index contributed by atoms with van der Waals surface area (Å²) in [6.07, 6.45) is 4.93. The van der Waals surface area contributed by atoms with Crippen molar-refractivity contribution >= 4 is 0 Å². The highest BCUT2D eigenvalue weighted by atomic mass is 15.2. The molecule has 3 heteroatoms. The molecule has 0 radical (unpaired) electrons. The smallest absolute Gasteiger partial charge is 0.0991 e. The van der Waals surface area contributed by atoms with Gasteiger partial charge in [0.1, 0.15) is 0 Å². The first-order chi connectivity index (χ1) is 8.83. The van der Waals surface area contributed by atoms with Crippen molar-refractivity contribution in [1.82, 2.24) is 4.90 Å². The minimum Gasteiger partial charge on any atom is -0.283 e. The van der Waals surface area contributed by atoms with Crippen LogP contribution in [0.1, 0.15) is 36.8 Å². The van der Waals surface area contributed by atoms with Crippen LogP contribution in [-0.4, -0.2) is 17.5 Å². The summed E-state index contributed by atoms with van der Waals surface area (Å²) in [7, 11) is 0. The zero-order valence-corrected chi connectivity index (χ0v) is 10.5. The zero-order valence-electron chi connectivity index (χ0n) is 10.5. The molecule has 0 spiro atoms. The maximum atomic E-state index is 8.93. The van der Waals surface area contributed by atoms with E-state index in [1.807, 2.05) is 24.3 Å². The van der Waals surface area contributed by atoms with Gasteiger partial charge in [-0.1, -0.05) is 25.0 Å². The molecule has 1 aliphatic rings. The van der Waals surface area contributed by atoms with Gasteiger partial charge in [0, 0.05) is 12.6 Å². The van der Waals surface area contributed by atoms with Crippen LogP contribution in [-0.2, 0) is 6.54 Å². The van der Waals surface area contributed by atoms with Gasteiger partial charge in [-0.15, -0.1) is 0 Å². The van der Waals surface area contributed by atoms with Gasteiger partial charge in [0.15, 0.2) is 0 Å². The highest BCUT2D eigenvalue weighted by Gasteiger charge is 2.22. The first kappa shape index (κ1) is 12.6. The van der Waals surface area contributed by atoms with Crippen LogP contribution < -0.4 is 0 Å². The second-order valence-electron chi connectivity index (χ2n) is 4.81. The lowest BCUT2D eigenvalue weighted by Crippen LogP contribution is -2.33. The number of nitrogens with zero attached hydrogens (tertiary/aromatic N) is 3. The summed E-state index contributed by atoms with van der Waals surface area (Å²) in [6.45, 7) is 1.25. The number of benzene rings is 1. The Bertz CT molecular complexity index is 475. The van der Waals surface area contributed by atoms with Crippen LogP contribution in [0.25, 0.3) is 0 Å². The summed E-state index contributed by atoms with van der Waals surface area (Å²) in [6, 6.07) is 12.6. The zero-order chi connectivity index (χ0) is 12.8. The highest BCUT2D eigenvalue weighted by Crippen LogP contribution is 2.24. The number of hydrogen-bond donors (Lipinski definition) is 0. The van der Waals surface area contributed by atoms with Crippen LogP contribution in [0, 0.1) is 22.7 Å². The quantitative estimate of drug-likeness (QED) is 0.759. The van der Waals surface area contributed by atoms with E-state index in [0.29, 0.717) is 18.2 Å². The Hall–Kier alpha value is -1.84. The standard InChI is InChI=1S/C15H17N3/c16-8-9-18(15-6-1-2-7-15)12-14-5-3-4-13(10-14)11-17/h3-5,10,15H,1-2,6-7,9,12H2. The maximum absolute atomic E-state index is 8.93. The van der Waals surface area contributed by atoms with Crippen molar-refractivity contribution in [3.63, 3.8) is 0 Å². The highest BCUT2D eigenvalue weighted by molar-refractivity contribution is 5.32. The Morgan fingerprint density at radius 3 is 2.67 bits per heavy atom. The molecular formula is C15H17N3. The van der Waals surface area contributed by atoms with Crippen LogP contribution in [0.3, 0.4) is 0 Å². The lowest BCUT2D eigenvalue weighted by molar-refractivity contribution is 0.214. The molecule has 0 amide bonds. The molecule has 1 saturated carbocycles. The molecule has 0 N–H and O–H groups in total. The third kappa shape index (κ3) is 3.09. The molecule has 0 atom stereocenters. The van der Waals surface area contributed by atoms with E-state index in [-0.39, 0.29) is 0 Å². The second kappa shape index (κ2) is 6.19. The Kier molecular flexibility index (Phi) is 4.34. The van der Waals surface area contributed by atoms with Gasteiger partial charge in [-0.3, -0.25) is 4.90 Å². The molecule has 1 aromatic carbocycles. The van der Waals surface area contributed by atoms with Gasteiger partial charge in [-0.2, -0.15) is 10.5 Å². The van der Waals surface area contributed by atoms with Crippen molar-refractivity contribution in [2.24, 2.45) is 0 Å². The van der Waals surface area contributed by atoms with Crippen molar-refractivity contribution in [3.8, 4) is 12.1 Å². The monoisotopic (exact) mass is 239 g/mol. The summed E-state index contributed by atoms with van der Waals surface area (Å²) < 4.78 is 0. The summed E-state index contributed by atoms with van der Waals surface area (Å²) in [4.78, 5) is 2.24. The predicted molar refractivity (Wildman–Crippen MR) is 69.4 cm³/mol. The number of hydrogen-bond acceptors (Lipinski definition) is 3. The Morgan fingerprint density at radius 2 is 2.00 bits per heavy atom. The average molecular weight is 239 g/mol. The van der Waals surface area contributed by atoms with Crippen LogP contribution in [0.5, 0.6) is 0 Å². The molecule has 0 unspecified atom stereocenters. The first-order valence-electron chi connectivity index (χ1n) is 6.43. The minimum absolute atomic E-state index is 0.474. The molecule has 18 heavy (non-hydrogen) atoms. The van der Waals surface area contributed by atoms with E-state index in [1.165, 1.54) is 25.7 Å².